The van der Waals surface area contributed by atoms with Crippen molar-refractivity contribution >= 4 is 5.91 Å². The number of aliphatic hydroxyl groups is 1. The van der Waals surface area contributed by atoms with E-state index in [4.69, 9.17) is 5.11 Å². The molecule has 1 amide bonds. The maximum absolute atomic E-state index is 11.9. The van der Waals surface area contributed by atoms with Crippen LogP contribution in [0.4, 0.5) is 0 Å². The molecule has 0 aliphatic heterocycles. The maximum Gasteiger partial charge on any atom is 0.223 e. The highest BCUT2D eigenvalue weighted by Crippen LogP contribution is 2.13. The van der Waals surface area contributed by atoms with Crippen LogP contribution in [0.2, 0.25) is 0 Å². The van der Waals surface area contributed by atoms with E-state index in [1.165, 1.54) is 0 Å². The second kappa shape index (κ2) is 8.57. The first-order valence-electron chi connectivity index (χ1n) is 6.47. The van der Waals surface area contributed by atoms with E-state index in [1.807, 2.05) is 13.8 Å². The number of hydrogen-bond acceptors (Lipinski definition) is 2. The molecule has 0 aromatic heterocycles. The van der Waals surface area contributed by atoms with Gasteiger partial charge in [-0.25, -0.2) is 0 Å². The zero-order chi connectivity index (χ0) is 12.6. The van der Waals surface area contributed by atoms with Gasteiger partial charge >= 0.3 is 0 Å². The van der Waals surface area contributed by atoms with Crippen molar-refractivity contribution in [2.75, 3.05) is 6.61 Å². The lowest BCUT2D eigenvalue weighted by Gasteiger charge is -2.22. The summed E-state index contributed by atoms with van der Waals surface area (Å²) in [5.74, 6) is 0.393. The minimum atomic E-state index is 0.0492. The number of hydrogen-bond donors (Lipinski definition) is 2. The molecule has 0 radical (unpaired) electrons. The van der Waals surface area contributed by atoms with E-state index in [0.717, 1.165) is 25.7 Å². The molecule has 0 aliphatic rings. The summed E-state index contributed by atoms with van der Waals surface area (Å²) in [4.78, 5) is 11.9. The lowest BCUT2D eigenvalue weighted by molar-refractivity contribution is -0.126. The smallest absolute Gasteiger partial charge is 0.223 e. The fourth-order valence-electron chi connectivity index (χ4n) is 1.61. The van der Waals surface area contributed by atoms with E-state index in [1.54, 1.807) is 0 Å². The number of nitrogens with one attached hydrogen (secondary N) is 1. The molecule has 3 unspecified atom stereocenters. The van der Waals surface area contributed by atoms with Gasteiger partial charge in [-0.3, -0.25) is 4.79 Å². The first kappa shape index (κ1) is 15.4. The highest BCUT2D eigenvalue weighted by atomic mass is 16.3. The zero-order valence-electron chi connectivity index (χ0n) is 11.1. The molecule has 3 heteroatoms. The predicted octanol–water partition coefficient (Wildman–Crippen LogP) is 2.34. The van der Waals surface area contributed by atoms with Crippen molar-refractivity contribution in [3.8, 4) is 0 Å². The molecule has 0 spiro atoms. The quantitative estimate of drug-likeness (QED) is 0.671. The number of amides is 1. The van der Waals surface area contributed by atoms with Crippen LogP contribution in [0.5, 0.6) is 0 Å². The fraction of sp³-hybridized carbons (Fsp3) is 0.923. The molecule has 0 heterocycles. The third-order valence-electron chi connectivity index (χ3n) is 3.28. The molecule has 2 N–H and O–H groups in total. The Morgan fingerprint density at radius 2 is 1.94 bits per heavy atom. The van der Waals surface area contributed by atoms with Gasteiger partial charge in [0.25, 0.3) is 0 Å². The van der Waals surface area contributed by atoms with Gasteiger partial charge in [-0.15, -0.1) is 0 Å². The molecule has 3 atom stereocenters. The first-order chi connectivity index (χ1) is 7.56. The standard InChI is InChI=1S/C13H27NO2/c1-5-7-8-12(6-2)13(16)14-11(4)10(3)9-15/h10-12,15H,5-9H2,1-4H3,(H,14,16). The summed E-state index contributed by atoms with van der Waals surface area (Å²) in [7, 11) is 0. The molecule has 0 aliphatic carbocycles. The summed E-state index contributed by atoms with van der Waals surface area (Å²) < 4.78 is 0. The maximum atomic E-state index is 11.9. The Labute approximate surface area is 99.6 Å². The summed E-state index contributed by atoms with van der Waals surface area (Å²) in [5, 5.41) is 12.0. The summed E-state index contributed by atoms with van der Waals surface area (Å²) in [6.45, 7) is 8.21. The number of rotatable bonds is 8. The molecule has 0 aromatic rings. The lowest BCUT2D eigenvalue weighted by atomic mass is 9.97. The van der Waals surface area contributed by atoms with Crippen LogP contribution in [-0.2, 0) is 4.79 Å². The highest BCUT2D eigenvalue weighted by molar-refractivity contribution is 5.78. The Morgan fingerprint density at radius 3 is 2.38 bits per heavy atom. The van der Waals surface area contributed by atoms with Crippen LogP contribution in [0, 0.1) is 11.8 Å². The largest absolute Gasteiger partial charge is 0.396 e. The summed E-state index contributed by atoms with van der Waals surface area (Å²) in [6.07, 6.45) is 4.10. The lowest BCUT2D eigenvalue weighted by Crippen LogP contribution is -2.41. The van der Waals surface area contributed by atoms with Crippen molar-refractivity contribution in [1.29, 1.82) is 0 Å². The van der Waals surface area contributed by atoms with E-state index in [2.05, 4.69) is 19.2 Å². The molecular weight excluding hydrogens is 202 g/mol. The molecular formula is C13H27NO2. The topological polar surface area (TPSA) is 49.3 Å². The van der Waals surface area contributed by atoms with Crippen LogP contribution in [0.3, 0.4) is 0 Å². The first-order valence-corrected chi connectivity index (χ1v) is 6.47. The Kier molecular flexibility index (Phi) is 8.26. The van der Waals surface area contributed by atoms with E-state index >= 15 is 0 Å². The molecule has 0 saturated carbocycles. The second-order valence-electron chi connectivity index (χ2n) is 4.70. The predicted molar refractivity (Wildman–Crippen MR) is 67.2 cm³/mol. The summed E-state index contributed by atoms with van der Waals surface area (Å²) >= 11 is 0. The van der Waals surface area contributed by atoms with Gasteiger partial charge in [-0.05, 0) is 25.7 Å². The van der Waals surface area contributed by atoms with Crippen molar-refractivity contribution in [1.82, 2.24) is 5.32 Å². The Bertz CT molecular complexity index is 194. The fourth-order valence-corrected chi connectivity index (χ4v) is 1.61. The molecule has 0 saturated heterocycles. The van der Waals surface area contributed by atoms with Crippen LogP contribution >= 0.6 is 0 Å². The van der Waals surface area contributed by atoms with E-state index in [9.17, 15) is 4.79 Å². The molecule has 0 bridgehead atoms. The molecule has 16 heavy (non-hydrogen) atoms. The Balaban J connectivity index is 4.09. The van der Waals surface area contributed by atoms with E-state index in [-0.39, 0.29) is 30.4 Å². The zero-order valence-corrected chi connectivity index (χ0v) is 11.1. The van der Waals surface area contributed by atoms with Gasteiger partial charge in [0.15, 0.2) is 0 Å². The average molecular weight is 229 g/mol. The van der Waals surface area contributed by atoms with Gasteiger partial charge in [0.1, 0.15) is 0 Å². The molecule has 0 aromatic carbocycles. The van der Waals surface area contributed by atoms with Crippen molar-refractivity contribution in [3.05, 3.63) is 0 Å². The normalized spacial score (nSPS) is 16.6. The third-order valence-corrected chi connectivity index (χ3v) is 3.28. The van der Waals surface area contributed by atoms with Crippen molar-refractivity contribution < 1.29 is 9.90 Å². The second-order valence-corrected chi connectivity index (χ2v) is 4.70. The van der Waals surface area contributed by atoms with Gasteiger partial charge < -0.3 is 10.4 Å². The van der Waals surface area contributed by atoms with Crippen molar-refractivity contribution in [2.24, 2.45) is 11.8 Å². The van der Waals surface area contributed by atoms with E-state index < -0.39 is 0 Å². The van der Waals surface area contributed by atoms with Gasteiger partial charge in [0, 0.05) is 18.6 Å². The Morgan fingerprint density at radius 1 is 1.31 bits per heavy atom. The van der Waals surface area contributed by atoms with Crippen LogP contribution in [0.1, 0.15) is 53.4 Å². The van der Waals surface area contributed by atoms with Gasteiger partial charge in [-0.2, -0.15) is 0 Å². The van der Waals surface area contributed by atoms with Crippen LogP contribution in [0.15, 0.2) is 0 Å². The van der Waals surface area contributed by atoms with Crippen LogP contribution < -0.4 is 5.32 Å². The van der Waals surface area contributed by atoms with Gasteiger partial charge in [-0.1, -0.05) is 33.6 Å². The Hall–Kier alpha value is -0.570. The molecule has 0 fully saturated rings. The molecule has 3 nitrogen and oxygen atoms in total. The van der Waals surface area contributed by atoms with Gasteiger partial charge in [0.2, 0.25) is 5.91 Å². The summed E-state index contributed by atoms with van der Waals surface area (Å²) in [5.41, 5.74) is 0. The SMILES string of the molecule is CCCCC(CC)C(=O)NC(C)C(C)CO. The highest BCUT2D eigenvalue weighted by Gasteiger charge is 2.19. The minimum absolute atomic E-state index is 0.0492. The number of unbranched alkanes of at least 4 members (excludes halogenated alkanes) is 1. The van der Waals surface area contributed by atoms with Crippen molar-refractivity contribution in [3.63, 3.8) is 0 Å². The third kappa shape index (κ3) is 5.50. The number of carbonyl (C=O) groups is 1. The molecule has 96 valence electrons. The average Bonchev–Trinajstić information content (AvgIpc) is 2.28. The van der Waals surface area contributed by atoms with E-state index in [0.29, 0.717) is 0 Å². The van der Waals surface area contributed by atoms with Crippen molar-refractivity contribution in [2.45, 2.75) is 59.4 Å². The number of carbonyl (C=O) groups excluding carboxylic acids is 1. The minimum Gasteiger partial charge on any atom is -0.396 e. The van der Waals surface area contributed by atoms with Crippen LogP contribution in [0.25, 0.3) is 0 Å². The van der Waals surface area contributed by atoms with Crippen LogP contribution in [-0.4, -0.2) is 23.7 Å². The van der Waals surface area contributed by atoms with Gasteiger partial charge in [0.05, 0.1) is 0 Å². The summed E-state index contributed by atoms with van der Waals surface area (Å²) in [6, 6.07) is 0.0492. The number of aliphatic hydroxyl groups excluding tert-OH is 1. The molecule has 0 rings (SSSR count). The monoisotopic (exact) mass is 229 g/mol.